The van der Waals surface area contributed by atoms with Crippen molar-refractivity contribution in [3.05, 3.63) is 12.2 Å². The van der Waals surface area contributed by atoms with E-state index in [-0.39, 0.29) is 6.61 Å². The van der Waals surface area contributed by atoms with E-state index in [4.69, 9.17) is 14.2 Å². The van der Waals surface area contributed by atoms with Gasteiger partial charge in [0.1, 0.15) is 11.7 Å². The predicted octanol–water partition coefficient (Wildman–Crippen LogP) is 2.21. The summed E-state index contributed by atoms with van der Waals surface area (Å²) < 4.78 is 15.7. The van der Waals surface area contributed by atoms with E-state index in [1.54, 1.807) is 41.5 Å². The third-order valence-electron chi connectivity index (χ3n) is 3.58. The van der Waals surface area contributed by atoms with Crippen molar-refractivity contribution < 1.29 is 33.4 Å². The summed E-state index contributed by atoms with van der Waals surface area (Å²) in [5.41, 5.74) is -2.82. The van der Waals surface area contributed by atoms with Crippen molar-refractivity contribution in [3.63, 3.8) is 0 Å². The number of hydrogen-bond donors (Lipinski definition) is 0. The molecule has 1 aliphatic rings. The van der Waals surface area contributed by atoms with Crippen LogP contribution >= 0.6 is 0 Å². The molecular weight excluding hydrogens is 342 g/mol. The van der Waals surface area contributed by atoms with E-state index >= 15 is 0 Å². The molecule has 0 unspecified atom stereocenters. The van der Waals surface area contributed by atoms with Gasteiger partial charge in [-0.15, -0.1) is 0 Å². The lowest BCUT2D eigenvalue weighted by atomic mass is 9.84. The summed E-state index contributed by atoms with van der Waals surface area (Å²) in [6.45, 7) is 11.1. The maximum absolute atomic E-state index is 12.9. The van der Waals surface area contributed by atoms with Crippen LogP contribution in [-0.2, 0) is 28.6 Å². The van der Waals surface area contributed by atoms with Gasteiger partial charge in [-0.25, -0.2) is 14.5 Å². The molecule has 1 heterocycles. The minimum atomic E-state index is -1.92. The molecule has 1 rings (SSSR count). The lowest BCUT2D eigenvalue weighted by Gasteiger charge is -2.41. The van der Waals surface area contributed by atoms with Crippen LogP contribution in [0.25, 0.3) is 0 Å². The van der Waals surface area contributed by atoms with Gasteiger partial charge in [0.15, 0.2) is 0 Å². The molecule has 0 fully saturated rings. The highest BCUT2D eigenvalue weighted by Crippen LogP contribution is 2.36. The van der Waals surface area contributed by atoms with E-state index in [0.29, 0.717) is 4.90 Å². The van der Waals surface area contributed by atoms with E-state index in [0.717, 1.165) is 6.08 Å². The molecule has 2 atom stereocenters. The highest BCUT2D eigenvalue weighted by atomic mass is 16.6. The Labute approximate surface area is 153 Å². The molecule has 146 valence electrons. The molecule has 0 aromatic rings. The second-order valence-corrected chi connectivity index (χ2v) is 7.31. The van der Waals surface area contributed by atoms with Gasteiger partial charge in [0, 0.05) is 13.0 Å². The first kappa shape index (κ1) is 21.7. The number of carbonyl (C=O) groups excluding carboxylic acids is 4. The number of esters is 2. The zero-order valence-electron chi connectivity index (χ0n) is 16.3. The van der Waals surface area contributed by atoms with Gasteiger partial charge in [-0.05, 0) is 39.7 Å². The third kappa shape index (κ3) is 4.42. The number of ether oxygens (including phenoxy) is 3. The summed E-state index contributed by atoms with van der Waals surface area (Å²) in [6, 6.07) is 0. The van der Waals surface area contributed by atoms with Gasteiger partial charge in [-0.1, -0.05) is 13.8 Å². The highest BCUT2D eigenvalue weighted by Gasteiger charge is 2.60. The Bertz CT molecular complexity index is 618. The summed E-state index contributed by atoms with van der Waals surface area (Å²) in [5.74, 6) is -2.66. The molecule has 0 bridgehead atoms. The van der Waals surface area contributed by atoms with E-state index in [1.807, 2.05) is 0 Å². The van der Waals surface area contributed by atoms with Crippen LogP contribution in [0.3, 0.4) is 0 Å². The monoisotopic (exact) mass is 369 g/mol. The fourth-order valence-corrected chi connectivity index (χ4v) is 2.74. The Kier molecular flexibility index (Phi) is 6.57. The molecule has 0 spiro atoms. The van der Waals surface area contributed by atoms with Crippen LogP contribution in [0.1, 0.15) is 48.5 Å². The topological polar surface area (TPSA) is 99.2 Å². The van der Waals surface area contributed by atoms with Crippen LogP contribution in [0.5, 0.6) is 0 Å². The third-order valence-corrected chi connectivity index (χ3v) is 3.58. The zero-order valence-corrected chi connectivity index (χ0v) is 16.3. The van der Waals surface area contributed by atoms with Crippen LogP contribution in [0.15, 0.2) is 12.2 Å². The molecule has 26 heavy (non-hydrogen) atoms. The van der Waals surface area contributed by atoms with Crippen molar-refractivity contribution in [2.45, 2.75) is 65.7 Å². The molecule has 0 aromatic heterocycles. The maximum atomic E-state index is 12.9. The number of rotatable bonds is 5. The van der Waals surface area contributed by atoms with Crippen LogP contribution in [-0.4, -0.2) is 52.7 Å². The molecule has 0 N–H and O–H groups in total. The number of amides is 2. The van der Waals surface area contributed by atoms with E-state index < -0.39 is 47.1 Å². The van der Waals surface area contributed by atoms with Gasteiger partial charge < -0.3 is 14.2 Å². The van der Waals surface area contributed by atoms with Crippen LogP contribution in [0, 0.1) is 5.92 Å². The number of nitrogens with zero attached hydrogens (tertiary/aromatic N) is 1. The largest absolute Gasteiger partial charge is 0.464 e. The average molecular weight is 369 g/mol. The van der Waals surface area contributed by atoms with Crippen molar-refractivity contribution in [2.24, 2.45) is 5.92 Å². The van der Waals surface area contributed by atoms with Gasteiger partial charge in [-0.2, -0.15) is 0 Å². The molecular formula is C18H27NO7. The summed E-state index contributed by atoms with van der Waals surface area (Å²) >= 11 is 0. The molecule has 0 radical (unpaired) electrons. The average Bonchev–Trinajstić information content (AvgIpc) is 2.81. The quantitative estimate of drug-likeness (QED) is 0.541. The number of hydrogen-bond acceptors (Lipinski definition) is 7. The van der Waals surface area contributed by atoms with Crippen molar-refractivity contribution in [1.29, 1.82) is 0 Å². The summed E-state index contributed by atoms with van der Waals surface area (Å²) in [4.78, 5) is 50.3. The second-order valence-electron chi connectivity index (χ2n) is 7.31. The van der Waals surface area contributed by atoms with Gasteiger partial charge in [-0.3, -0.25) is 9.59 Å². The standard InChI is InChI=1S/C18H27NO7/c1-8-24-15(22)18(14(11(2)3)25-12(4)20)10-9-13(21)19(18)16(23)26-17(5,6)7/h9-11,14H,8H2,1-7H3/t14-,18-/m0/s1. The number of imide groups is 1. The lowest BCUT2D eigenvalue weighted by Crippen LogP contribution is -2.65. The van der Waals surface area contributed by atoms with E-state index in [2.05, 4.69) is 0 Å². The van der Waals surface area contributed by atoms with E-state index in [9.17, 15) is 19.2 Å². The van der Waals surface area contributed by atoms with Crippen molar-refractivity contribution in [1.82, 2.24) is 4.90 Å². The van der Waals surface area contributed by atoms with Gasteiger partial charge in [0.25, 0.3) is 5.91 Å². The molecule has 0 aromatic carbocycles. The maximum Gasteiger partial charge on any atom is 0.418 e. The number of carbonyl (C=O) groups is 4. The second kappa shape index (κ2) is 7.88. The molecule has 8 nitrogen and oxygen atoms in total. The minimum Gasteiger partial charge on any atom is -0.464 e. The summed E-state index contributed by atoms with van der Waals surface area (Å²) in [7, 11) is 0. The first-order valence-corrected chi connectivity index (χ1v) is 8.47. The Morgan fingerprint density at radius 2 is 1.81 bits per heavy atom. The lowest BCUT2D eigenvalue weighted by molar-refractivity contribution is -0.175. The summed E-state index contributed by atoms with van der Waals surface area (Å²) in [5, 5.41) is 0. The van der Waals surface area contributed by atoms with Gasteiger partial charge in [0.05, 0.1) is 6.61 Å². The van der Waals surface area contributed by atoms with Gasteiger partial charge in [0.2, 0.25) is 5.54 Å². The van der Waals surface area contributed by atoms with Crippen molar-refractivity contribution in [3.8, 4) is 0 Å². The molecule has 1 aliphatic heterocycles. The minimum absolute atomic E-state index is 0.0235. The highest BCUT2D eigenvalue weighted by molar-refractivity contribution is 6.08. The van der Waals surface area contributed by atoms with Gasteiger partial charge >= 0.3 is 18.0 Å². The fourth-order valence-electron chi connectivity index (χ4n) is 2.74. The Balaban J connectivity index is 3.52. The molecule has 2 amide bonds. The van der Waals surface area contributed by atoms with Crippen molar-refractivity contribution >= 4 is 23.9 Å². The first-order valence-electron chi connectivity index (χ1n) is 8.47. The Hall–Kier alpha value is -2.38. The Morgan fingerprint density at radius 3 is 2.23 bits per heavy atom. The molecule has 0 saturated carbocycles. The fraction of sp³-hybridized carbons (Fsp3) is 0.667. The predicted molar refractivity (Wildman–Crippen MR) is 92.0 cm³/mol. The van der Waals surface area contributed by atoms with Crippen LogP contribution < -0.4 is 0 Å². The zero-order chi connectivity index (χ0) is 20.3. The van der Waals surface area contributed by atoms with Crippen molar-refractivity contribution in [2.75, 3.05) is 6.61 Å². The van der Waals surface area contributed by atoms with Crippen LogP contribution in [0.4, 0.5) is 4.79 Å². The first-order chi connectivity index (χ1) is 11.9. The SMILES string of the molecule is CCOC(=O)[C@@]1([C@@H](OC(C)=O)C(C)C)C=CC(=O)N1C(=O)OC(C)(C)C. The summed E-state index contributed by atoms with van der Waals surface area (Å²) in [6.07, 6.45) is 0.178. The van der Waals surface area contributed by atoms with Crippen LogP contribution in [0.2, 0.25) is 0 Å². The molecule has 8 heteroatoms. The smallest absolute Gasteiger partial charge is 0.418 e. The van der Waals surface area contributed by atoms with E-state index in [1.165, 1.54) is 13.0 Å². The normalized spacial score (nSPS) is 20.9. The Morgan fingerprint density at radius 1 is 1.23 bits per heavy atom. The molecule has 0 saturated heterocycles. The molecule has 0 aliphatic carbocycles.